The van der Waals surface area contributed by atoms with Gasteiger partial charge in [0.1, 0.15) is 12.4 Å². The molecule has 5 nitrogen and oxygen atoms in total. The lowest BCUT2D eigenvalue weighted by Gasteiger charge is -2.19. The van der Waals surface area contributed by atoms with Crippen LogP contribution in [0.5, 0.6) is 5.75 Å². The largest absolute Gasteiger partial charge is 0.492 e. The number of rotatable bonds is 5. The molecule has 8 heteroatoms. The van der Waals surface area contributed by atoms with Crippen LogP contribution in [0.4, 0.5) is 13.2 Å². The Morgan fingerprint density at radius 3 is 2.41 bits per heavy atom. The number of alkyl halides is 3. The lowest BCUT2D eigenvalue weighted by molar-refractivity contribution is -0.137. The Morgan fingerprint density at radius 1 is 1.10 bits per heavy atom. The van der Waals surface area contributed by atoms with Gasteiger partial charge in [-0.1, -0.05) is 6.07 Å². The van der Waals surface area contributed by atoms with E-state index in [1.807, 2.05) is 6.07 Å². The molecule has 1 saturated heterocycles. The van der Waals surface area contributed by atoms with Crippen LogP contribution in [0.15, 0.2) is 42.5 Å². The van der Waals surface area contributed by atoms with Gasteiger partial charge in [0.15, 0.2) is 0 Å². The van der Waals surface area contributed by atoms with E-state index in [-0.39, 0.29) is 25.2 Å². The second-order valence-electron chi connectivity index (χ2n) is 6.86. The van der Waals surface area contributed by atoms with Crippen molar-refractivity contribution in [3.05, 3.63) is 64.7 Å². The molecule has 1 heterocycles. The van der Waals surface area contributed by atoms with Crippen LogP contribution in [0, 0.1) is 22.7 Å². The van der Waals surface area contributed by atoms with E-state index in [2.05, 4.69) is 5.32 Å². The van der Waals surface area contributed by atoms with E-state index >= 15 is 0 Å². The van der Waals surface area contributed by atoms with Crippen LogP contribution in [0.1, 0.15) is 34.6 Å². The normalized spacial score (nSPS) is 21.4. The zero-order valence-corrected chi connectivity index (χ0v) is 15.3. The van der Waals surface area contributed by atoms with Crippen LogP contribution in [0.2, 0.25) is 0 Å². The quantitative estimate of drug-likeness (QED) is 0.802. The molecule has 0 aromatic heterocycles. The molecule has 0 bridgehead atoms. The van der Waals surface area contributed by atoms with Crippen LogP contribution in [-0.4, -0.2) is 30.4 Å². The van der Waals surface area contributed by atoms with Crippen molar-refractivity contribution in [1.29, 1.82) is 10.5 Å². The minimum absolute atomic E-state index is 0.169. The van der Waals surface area contributed by atoms with Crippen LogP contribution in [0.3, 0.4) is 0 Å². The Hall–Kier alpha value is -3.07. The summed E-state index contributed by atoms with van der Waals surface area (Å²) >= 11 is 0. The lowest BCUT2D eigenvalue weighted by Crippen LogP contribution is -2.36. The van der Waals surface area contributed by atoms with E-state index in [4.69, 9.17) is 15.3 Å². The third kappa shape index (κ3) is 4.68. The lowest BCUT2D eigenvalue weighted by atomic mass is 9.89. The van der Waals surface area contributed by atoms with Gasteiger partial charge in [-0.2, -0.15) is 23.7 Å². The van der Waals surface area contributed by atoms with Gasteiger partial charge in [0.25, 0.3) is 0 Å². The number of nitriles is 2. The maximum atomic E-state index is 13.3. The number of benzene rings is 2. The zero-order valence-electron chi connectivity index (χ0n) is 15.3. The van der Waals surface area contributed by atoms with Crippen LogP contribution in [0.25, 0.3) is 0 Å². The molecule has 2 aromatic rings. The topological polar surface area (TPSA) is 89.1 Å². The van der Waals surface area contributed by atoms with Crippen LogP contribution >= 0.6 is 0 Å². The number of nitrogens with zero attached hydrogens (tertiary/aromatic N) is 2. The maximum Gasteiger partial charge on any atom is 0.417 e. The predicted molar refractivity (Wildman–Crippen MR) is 98.0 cm³/mol. The molecule has 3 rings (SSSR count). The van der Waals surface area contributed by atoms with Crippen molar-refractivity contribution in [1.82, 2.24) is 5.32 Å². The Kier molecular flexibility index (Phi) is 6.07. The number of aliphatic hydroxyl groups excluding tert-OH is 1. The first-order valence-corrected chi connectivity index (χ1v) is 8.96. The van der Waals surface area contributed by atoms with Crippen molar-refractivity contribution < 1.29 is 23.0 Å². The molecule has 1 aliphatic rings. The van der Waals surface area contributed by atoms with Crippen molar-refractivity contribution in [2.24, 2.45) is 0 Å². The van der Waals surface area contributed by atoms with E-state index < -0.39 is 23.3 Å². The van der Waals surface area contributed by atoms with Gasteiger partial charge in [-0.15, -0.1) is 0 Å². The SMILES string of the molecule is N#Cc1ccc(OCC2CC(c3ccc(C#N)c(C(F)(F)F)c3)C(CO)N2)cc1. The minimum Gasteiger partial charge on any atom is -0.492 e. The first-order valence-electron chi connectivity index (χ1n) is 8.96. The Bertz CT molecular complexity index is 946. The molecule has 1 fully saturated rings. The van der Waals surface area contributed by atoms with Crippen molar-refractivity contribution in [2.45, 2.75) is 30.6 Å². The summed E-state index contributed by atoms with van der Waals surface area (Å²) in [4.78, 5) is 0. The van der Waals surface area contributed by atoms with Gasteiger partial charge < -0.3 is 15.2 Å². The summed E-state index contributed by atoms with van der Waals surface area (Å²) in [5.74, 6) is 0.232. The van der Waals surface area contributed by atoms with Gasteiger partial charge in [-0.3, -0.25) is 0 Å². The molecule has 0 aliphatic carbocycles. The molecule has 1 aliphatic heterocycles. The number of hydrogen-bond acceptors (Lipinski definition) is 5. The highest BCUT2D eigenvalue weighted by molar-refractivity contribution is 5.43. The van der Waals surface area contributed by atoms with Gasteiger partial charge in [0, 0.05) is 18.0 Å². The van der Waals surface area contributed by atoms with Crippen molar-refractivity contribution in [2.75, 3.05) is 13.2 Å². The van der Waals surface area contributed by atoms with Gasteiger partial charge in [0.05, 0.1) is 35.4 Å². The van der Waals surface area contributed by atoms with Gasteiger partial charge in [0.2, 0.25) is 0 Å². The molecular weight excluding hydrogens is 383 g/mol. The van der Waals surface area contributed by atoms with E-state index in [1.54, 1.807) is 30.3 Å². The zero-order chi connectivity index (χ0) is 21.0. The Labute approximate surface area is 166 Å². The van der Waals surface area contributed by atoms with E-state index in [1.165, 1.54) is 12.1 Å². The highest BCUT2D eigenvalue weighted by atomic mass is 19.4. The number of aliphatic hydroxyl groups is 1. The smallest absolute Gasteiger partial charge is 0.417 e. The molecule has 3 unspecified atom stereocenters. The molecule has 3 atom stereocenters. The molecular formula is C21H18F3N3O2. The molecule has 29 heavy (non-hydrogen) atoms. The number of hydrogen-bond donors (Lipinski definition) is 2. The summed E-state index contributed by atoms with van der Waals surface area (Å²) in [5, 5.41) is 30.6. The molecule has 0 spiro atoms. The fraction of sp³-hybridized carbons (Fsp3) is 0.333. The van der Waals surface area contributed by atoms with Gasteiger partial charge >= 0.3 is 6.18 Å². The average molecular weight is 401 g/mol. The first-order chi connectivity index (χ1) is 13.9. The second kappa shape index (κ2) is 8.52. The van der Waals surface area contributed by atoms with E-state index in [9.17, 15) is 18.3 Å². The van der Waals surface area contributed by atoms with Gasteiger partial charge in [-0.05, 0) is 48.4 Å². The molecule has 0 radical (unpaired) electrons. The highest BCUT2D eigenvalue weighted by Gasteiger charge is 2.38. The third-order valence-corrected chi connectivity index (χ3v) is 5.00. The fourth-order valence-corrected chi connectivity index (χ4v) is 3.57. The van der Waals surface area contributed by atoms with E-state index in [0.29, 0.717) is 23.3 Å². The van der Waals surface area contributed by atoms with Crippen LogP contribution in [-0.2, 0) is 6.18 Å². The molecule has 150 valence electrons. The molecule has 2 aromatic carbocycles. The van der Waals surface area contributed by atoms with Crippen molar-refractivity contribution in [3.63, 3.8) is 0 Å². The summed E-state index contributed by atoms with van der Waals surface area (Å²) in [6.45, 7) is 0.0285. The van der Waals surface area contributed by atoms with Gasteiger partial charge in [-0.25, -0.2) is 0 Å². The summed E-state index contributed by atoms with van der Waals surface area (Å²) < 4.78 is 45.5. The standard InChI is InChI=1S/C21H18F3N3O2/c22-21(23,24)19-7-14(3-4-15(19)10-26)18-8-16(27-20(18)11-28)12-29-17-5-1-13(9-25)2-6-17/h1-7,16,18,20,27-28H,8,11-12H2. The summed E-state index contributed by atoms with van der Waals surface area (Å²) in [6.07, 6.45) is -4.15. The maximum absolute atomic E-state index is 13.3. The van der Waals surface area contributed by atoms with Crippen LogP contribution < -0.4 is 10.1 Å². The first kappa shape index (κ1) is 20.7. The van der Waals surface area contributed by atoms with Crippen molar-refractivity contribution >= 4 is 0 Å². The monoisotopic (exact) mass is 401 g/mol. The number of ether oxygens (including phenoxy) is 1. The molecule has 2 N–H and O–H groups in total. The van der Waals surface area contributed by atoms with E-state index in [0.717, 1.165) is 6.07 Å². The summed E-state index contributed by atoms with van der Waals surface area (Å²) in [6, 6.07) is 13.3. The highest BCUT2D eigenvalue weighted by Crippen LogP contribution is 2.37. The Morgan fingerprint density at radius 2 is 1.83 bits per heavy atom. The number of halogens is 3. The minimum atomic E-state index is -4.63. The predicted octanol–water partition coefficient (Wildman–Crippen LogP) is 3.33. The molecule has 0 amide bonds. The van der Waals surface area contributed by atoms with Crippen molar-refractivity contribution in [3.8, 4) is 17.9 Å². The Balaban J connectivity index is 1.73. The fourth-order valence-electron chi connectivity index (χ4n) is 3.57. The molecule has 0 saturated carbocycles. The number of nitrogens with one attached hydrogen (secondary N) is 1. The third-order valence-electron chi connectivity index (χ3n) is 5.00. The summed E-state index contributed by atoms with van der Waals surface area (Å²) in [7, 11) is 0. The summed E-state index contributed by atoms with van der Waals surface area (Å²) in [5.41, 5.74) is -0.457. The average Bonchev–Trinajstić information content (AvgIpc) is 3.15. The second-order valence-corrected chi connectivity index (χ2v) is 6.86.